The fourth-order valence-corrected chi connectivity index (χ4v) is 2.78. The van der Waals surface area contributed by atoms with Gasteiger partial charge in [0.2, 0.25) is 0 Å². The Morgan fingerprint density at radius 1 is 1.15 bits per heavy atom. The average molecular weight is 393 g/mol. The number of aromatic nitrogens is 1. The van der Waals surface area contributed by atoms with Crippen LogP contribution in [0, 0.1) is 0 Å². The van der Waals surface area contributed by atoms with Crippen molar-refractivity contribution < 1.29 is 49.4 Å². The second kappa shape index (κ2) is 9.19. The van der Waals surface area contributed by atoms with Crippen LogP contribution >= 0.6 is 11.6 Å². The topological polar surface area (TPSA) is 102 Å². The van der Waals surface area contributed by atoms with E-state index in [1.807, 2.05) is 0 Å². The molecule has 0 saturated carbocycles. The Bertz CT molecular complexity index is 979. The molecule has 1 amide bonds. The summed E-state index contributed by atoms with van der Waals surface area (Å²) < 4.78 is 0. The summed E-state index contributed by atoms with van der Waals surface area (Å²) in [7, 11) is 0. The van der Waals surface area contributed by atoms with Gasteiger partial charge in [-0.3, -0.25) is 9.78 Å². The number of aliphatic carboxylic acids is 1. The predicted octanol–water partition coefficient (Wildman–Crippen LogP) is -0.609. The van der Waals surface area contributed by atoms with Gasteiger partial charge in [0.15, 0.2) is 0 Å². The number of nitrogens with zero attached hydrogens (tertiary/aromatic N) is 1. The number of amides is 1. The Balaban J connectivity index is 0.00000261. The number of hydrogen-bond donors (Lipinski definition) is 2. The fourth-order valence-electron chi connectivity index (χ4n) is 2.65. The summed E-state index contributed by atoms with van der Waals surface area (Å²) in [5, 5.41) is 24.9. The van der Waals surface area contributed by atoms with Crippen molar-refractivity contribution in [3.63, 3.8) is 0 Å². The molecule has 3 rings (SSSR count). The van der Waals surface area contributed by atoms with Gasteiger partial charge in [-0.15, -0.1) is 0 Å². The standard InChI is InChI=1S/C19H15ClN2O4.Na/c20-13-7-5-11(6-8-13)18(24)22-16(19(25)26)9-12-10-17(23)21-15-4-2-1-3-14(12)15;/h1-8,10,16H,9H2,(H,21,23)(H,22,24)(H,25,26);/q;+1/p-1. The molecule has 3 aromatic rings. The number of carbonyl (C=O) groups excluding carboxylic acids is 1. The van der Waals surface area contributed by atoms with Crippen molar-refractivity contribution in [1.29, 1.82) is 0 Å². The molecule has 0 fully saturated rings. The minimum atomic E-state index is -1.19. The Morgan fingerprint density at radius 2 is 1.81 bits per heavy atom. The summed E-state index contributed by atoms with van der Waals surface area (Å²) in [5.74, 6) is -2.18. The molecule has 132 valence electrons. The van der Waals surface area contributed by atoms with Crippen LogP contribution in [0.2, 0.25) is 5.02 Å². The first-order chi connectivity index (χ1) is 12.4. The normalized spacial score (nSPS) is 11.4. The van der Waals surface area contributed by atoms with E-state index in [0.29, 0.717) is 27.1 Å². The van der Waals surface area contributed by atoms with Gasteiger partial charge in [0, 0.05) is 22.4 Å². The van der Waals surface area contributed by atoms with Crippen LogP contribution in [-0.4, -0.2) is 28.0 Å². The van der Waals surface area contributed by atoms with Crippen molar-refractivity contribution in [3.05, 3.63) is 70.7 Å². The zero-order valence-corrected chi connectivity index (χ0v) is 17.2. The van der Waals surface area contributed by atoms with Crippen LogP contribution in [0.3, 0.4) is 0 Å². The van der Waals surface area contributed by atoms with Gasteiger partial charge in [-0.05, 0) is 47.8 Å². The van der Waals surface area contributed by atoms with Crippen LogP contribution < -0.4 is 40.0 Å². The van der Waals surface area contributed by atoms with E-state index in [4.69, 9.17) is 11.6 Å². The summed E-state index contributed by atoms with van der Waals surface area (Å²) in [6.45, 7) is 0. The second-order valence-electron chi connectivity index (χ2n) is 5.71. The molecule has 0 aliphatic carbocycles. The van der Waals surface area contributed by atoms with Gasteiger partial charge in [0.1, 0.15) is 6.04 Å². The molecule has 1 unspecified atom stereocenters. The summed E-state index contributed by atoms with van der Waals surface area (Å²) in [6, 6.07) is 13.2. The maximum absolute atomic E-state index is 12.3. The molecule has 0 spiro atoms. The van der Waals surface area contributed by atoms with E-state index < -0.39 is 23.8 Å². The van der Waals surface area contributed by atoms with Crippen molar-refractivity contribution in [3.8, 4) is 5.88 Å². The maximum Gasteiger partial charge on any atom is 1.00 e. The monoisotopic (exact) mass is 392 g/mol. The van der Waals surface area contributed by atoms with Crippen LogP contribution in [0.4, 0.5) is 0 Å². The van der Waals surface area contributed by atoms with Crippen molar-refractivity contribution in [2.45, 2.75) is 12.5 Å². The first-order valence-corrected chi connectivity index (χ1v) is 8.17. The van der Waals surface area contributed by atoms with E-state index in [-0.39, 0.29) is 36.0 Å². The van der Waals surface area contributed by atoms with Crippen LogP contribution in [0.5, 0.6) is 5.88 Å². The summed E-state index contributed by atoms with van der Waals surface area (Å²) in [5.41, 5.74) is 1.30. The van der Waals surface area contributed by atoms with Crippen LogP contribution in [0.1, 0.15) is 15.9 Å². The Hall–Kier alpha value is -2.12. The van der Waals surface area contributed by atoms with Crippen molar-refractivity contribution in [2.75, 3.05) is 0 Å². The SMILES string of the molecule is O=C(NC(Cc1cc([O-])nc2ccccc12)C(=O)O)c1ccc(Cl)cc1.[Na+]. The molecule has 0 aliphatic heterocycles. The van der Waals surface area contributed by atoms with E-state index in [1.165, 1.54) is 18.2 Å². The van der Waals surface area contributed by atoms with E-state index in [9.17, 15) is 19.8 Å². The molecule has 1 aromatic heterocycles. The van der Waals surface area contributed by atoms with Gasteiger partial charge >= 0.3 is 35.5 Å². The van der Waals surface area contributed by atoms with Crippen LogP contribution in [-0.2, 0) is 11.2 Å². The molecule has 0 aliphatic rings. The number of carbonyl (C=O) groups is 2. The summed E-state index contributed by atoms with van der Waals surface area (Å²) >= 11 is 5.79. The minimum Gasteiger partial charge on any atom is -0.859 e. The molecular weight excluding hydrogens is 379 g/mol. The van der Waals surface area contributed by atoms with Gasteiger partial charge < -0.3 is 15.5 Å². The number of halogens is 1. The zero-order chi connectivity index (χ0) is 18.7. The van der Waals surface area contributed by atoms with Gasteiger partial charge in [0.05, 0.1) is 5.52 Å². The molecule has 8 heteroatoms. The Labute approximate surface area is 182 Å². The number of carboxylic acid groups (broad SMARTS) is 1. The quantitative estimate of drug-likeness (QED) is 0.564. The number of rotatable bonds is 5. The largest absolute Gasteiger partial charge is 1.00 e. The molecule has 0 bridgehead atoms. The molecule has 2 N–H and O–H groups in total. The molecular formula is C19H14ClN2NaO4. The van der Waals surface area contributed by atoms with E-state index in [0.717, 1.165) is 0 Å². The fraction of sp³-hybridized carbons (Fsp3) is 0.105. The van der Waals surface area contributed by atoms with Gasteiger partial charge in [-0.25, -0.2) is 4.79 Å². The average Bonchev–Trinajstić information content (AvgIpc) is 2.61. The second-order valence-corrected chi connectivity index (χ2v) is 6.15. The first kappa shape index (κ1) is 21.2. The summed E-state index contributed by atoms with van der Waals surface area (Å²) in [4.78, 5) is 27.8. The van der Waals surface area contributed by atoms with Gasteiger partial charge in [-0.1, -0.05) is 29.8 Å². The number of pyridine rings is 1. The summed E-state index contributed by atoms with van der Waals surface area (Å²) in [6.07, 6.45) is -0.0348. The first-order valence-electron chi connectivity index (χ1n) is 7.79. The van der Waals surface area contributed by atoms with Gasteiger partial charge in [0.25, 0.3) is 5.91 Å². The molecule has 6 nitrogen and oxygen atoms in total. The number of para-hydroxylation sites is 1. The van der Waals surface area contributed by atoms with Crippen molar-refractivity contribution >= 4 is 34.4 Å². The molecule has 0 saturated heterocycles. The van der Waals surface area contributed by atoms with Crippen LogP contribution in [0.15, 0.2) is 54.6 Å². The zero-order valence-electron chi connectivity index (χ0n) is 14.5. The van der Waals surface area contributed by atoms with Crippen molar-refractivity contribution in [1.82, 2.24) is 10.3 Å². The number of hydrogen-bond acceptors (Lipinski definition) is 4. The van der Waals surface area contributed by atoms with Crippen LogP contribution in [0.25, 0.3) is 10.9 Å². The van der Waals surface area contributed by atoms with Gasteiger partial charge in [-0.2, -0.15) is 0 Å². The third-order valence-corrected chi connectivity index (χ3v) is 4.16. The number of benzene rings is 2. The Morgan fingerprint density at radius 3 is 2.48 bits per heavy atom. The molecule has 1 atom stereocenters. The Kier molecular flexibility index (Phi) is 7.21. The van der Waals surface area contributed by atoms with E-state index in [2.05, 4.69) is 10.3 Å². The third kappa shape index (κ3) is 5.20. The van der Waals surface area contributed by atoms with E-state index >= 15 is 0 Å². The van der Waals surface area contributed by atoms with Crippen molar-refractivity contribution in [2.24, 2.45) is 0 Å². The number of fused-ring (bicyclic) bond motifs is 1. The molecule has 0 radical (unpaired) electrons. The van der Waals surface area contributed by atoms with E-state index in [1.54, 1.807) is 36.4 Å². The molecule has 27 heavy (non-hydrogen) atoms. The predicted molar refractivity (Wildman–Crippen MR) is 95.2 cm³/mol. The number of carboxylic acids is 1. The molecule has 2 aromatic carbocycles. The minimum absolute atomic E-state index is 0. The smallest absolute Gasteiger partial charge is 0.859 e. The molecule has 1 heterocycles. The maximum atomic E-state index is 12.3. The third-order valence-electron chi connectivity index (χ3n) is 3.91. The number of nitrogens with one attached hydrogen (secondary N) is 1.